The number of rotatable bonds is 3. The predicted molar refractivity (Wildman–Crippen MR) is 107 cm³/mol. The number of nitrogens with two attached hydrogens (primary N) is 1. The van der Waals surface area contributed by atoms with Crippen molar-refractivity contribution in [3.05, 3.63) is 101 Å². The van der Waals surface area contributed by atoms with Crippen LogP contribution in [0.3, 0.4) is 0 Å². The Hall–Kier alpha value is -2.71. The lowest BCUT2D eigenvalue weighted by molar-refractivity contribution is -0.729. The van der Waals surface area contributed by atoms with E-state index in [9.17, 15) is 0 Å². The first kappa shape index (κ1) is 16.7. The fourth-order valence-corrected chi connectivity index (χ4v) is 3.88. The molecule has 2 atom stereocenters. The summed E-state index contributed by atoms with van der Waals surface area (Å²) in [6.07, 6.45) is 5.51. The van der Waals surface area contributed by atoms with E-state index in [0.29, 0.717) is 12.1 Å². The van der Waals surface area contributed by atoms with E-state index in [-0.39, 0.29) is 0 Å². The van der Waals surface area contributed by atoms with Crippen LogP contribution in [0.1, 0.15) is 42.1 Å². The van der Waals surface area contributed by atoms with E-state index >= 15 is 0 Å². The summed E-state index contributed by atoms with van der Waals surface area (Å²) in [6, 6.07) is 24.3. The summed E-state index contributed by atoms with van der Waals surface area (Å²) in [5.41, 5.74) is 7.63. The van der Waals surface area contributed by atoms with Gasteiger partial charge in [-0.15, -0.1) is 0 Å². The first-order valence-electron chi connectivity index (χ1n) is 9.31. The molecule has 130 valence electrons. The van der Waals surface area contributed by atoms with Crippen molar-refractivity contribution in [3.8, 4) is 11.3 Å². The van der Waals surface area contributed by atoms with Crippen LogP contribution in [0.15, 0.2) is 84.6 Å². The summed E-state index contributed by atoms with van der Waals surface area (Å²) in [7, 11) is 0. The average Bonchev–Trinajstić information content (AvgIpc) is 2.69. The van der Waals surface area contributed by atoms with Gasteiger partial charge in [-0.3, -0.25) is 4.98 Å². The highest BCUT2D eigenvalue weighted by Gasteiger charge is 2.28. The molecule has 0 spiro atoms. The lowest BCUT2D eigenvalue weighted by atomic mass is 9.90. The van der Waals surface area contributed by atoms with Crippen molar-refractivity contribution >= 4 is 0 Å². The van der Waals surface area contributed by atoms with Crippen molar-refractivity contribution < 1.29 is 5.32 Å². The van der Waals surface area contributed by atoms with Crippen LogP contribution < -0.4 is 5.32 Å². The van der Waals surface area contributed by atoms with Gasteiger partial charge in [-0.2, -0.15) is 0 Å². The Bertz CT molecular complexity index is 913. The van der Waals surface area contributed by atoms with Crippen LogP contribution in [0.4, 0.5) is 0 Å². The quantitative estimate of drug-likeness (QED) is 0.684. The maximum absolute atomic E-state index is 4.80. The van der Waals surface area contributed by atoms with Gasteiger partial charge >= 0.3 is 0 Å². The van der Waals surface area contributed by atoms with Crippen LogP contribution in [-0.2, 0) is 0 Å². The maximum Gasteiger partial charge on any atom is 0.133 e. The minimum atomic E-state index is 0.393. The molecule has 1 aliphatic rings. The van der Waals surface area contributed by atoms with Crippen LogP contribution in [0.5, 0.6) is 0 Å². The van der Waals surface area contributed by atoms with Crippen molar-refractivity contribution in [1.82, 2.24) is 4.98 Å². The number of aromatic nitrogens is 1. The Balaban J connectivity index is 1.61. The molecule has 0 bridgehead atoms. The lowest BCUT2D eigenvalue weighted by Crippen LogP contribution is -2.87. The number of quaternary nitrogens is 1. The topological polar surface area (TPSA) is 29.5 Å². The van der Waals surface area contributed by atoms with Gasteiger partial charge in [0.15, 0.2) is 0 Å². The first-order chi connectivity index (χ1) is 12.7. The minimum Gasteiger partial charge on any atom is -0.330 e. The van der Waals surface area contributed by atoms with Crippen LogP contribution in [-0.4, -0.2) is 4.98 Å². The van der Waals surface area contributed by atoms with Crippen LogP contribution in [0, 0.1) is 6.92 Å². The third-order valence-electron chi connectivity index (χ3n) is 5.34. The standard InChI is InChI=1S/C24H24N2/c1-17-13-14-22(26-24(17)20-11-7-4-8-12-20)21-15-18(2)23(25-16-21)19-9-5-3-6-10-19/h3-13,15-16,22,24,26H,14H2,1-2H3/p+1/t22-,24+/m0/s1. The van der Waals surface area contributed by atoms with E-state index in [1.54, 1.807) is 0 Å². The molecular weight excluding hydrogens is 316 g/mol. The monoisotopic (exact) mass is 341 g/mol. The largest absolute Gasteiger partial charge is 0.330 e. The van der Waals surface area contributed by atoms with Crippen molar-refractivity contribution in [2.24, 2.45) is 0 Å². The van der Waals surface area contributed by atoms with Gasteiger partial charge in [0.1, 0.15) is 12.1 Å². The molecule has 2 nitrogen and oxygen atoms in total. The Kier molecular flexibility index (Phi) is 4.68. The molecule has 0 radical (unpaired) electrons. The normalized spacial score (nSPS) is 19.8. The molecule has 0 amide bonds. The molecule has 1 aliphatic heterocycles. The molecule has 26 heavy (non-hydrogen) atoms. The predicted octanol–water partition coefficient (Wildman–Crippen LogP) is 4.75. The summed E-state index contributed by atoms with van der Waals surface area (Å²) in [5.74, 6) is 0. The highest BCUT2D eigenvalue weighted by atomic mass is 15.0. The zero-order valence-corrected chi connectivity index (χ0v) is 15.4. The van der Waals surface area contributed by atoms with Gasteiger partial charge in [0.25, 0.3) is 0 Å². The van der Waals surface area contributed by atoms with Gasteiger partial charge in [-0.25, -0.2) is 0 Å². The van der Waals surface area contributed by atoms with Gasteiger partial charge in [0.2, 0.25) is 0 Å². The second-order valence-electron chi connectivity index (χ2n) is 7.17. The Morgan fingerprint density at radius 2 is 1.58 bits per heavy atom. The summed E-state index contributed by atoms with van der Waals surface area (Å²) < 4.78 is 0. The van der Waals surface area contributed by atoms with E-state index in [4.69, 9.17) is 4.98 Å². The molecule has 0 aliphatic carbocycles. The van der Waals surface area contributed by atoms with Crippen LogP contribution in [0.2, 0.25) is 0 Å². The summed E-state index contributed by atoms with van der Waals surface area (Å²) in [4.78, 5) is 4.80. The summed E-state index contributed by atoms with van der Waals surface area (Å²) >= 11 is 0. The van der Waals surface area contributed by atoms with E-state index in [1.165, 1.54) is 27.8 Å². The SMILES string of the molecule is CC1=CC[C@@H](c2cnc(-c3ccccc3)c(C)c2)[NH2+][C@H]1c1ccccc1. The van der Waals surface area contributed by atoms with Gasteiger partial charge in [0, 0.05) is 29.3 Å². The Labute approximate surface area is 155 Å². The molecule has 4 rings (SSSR count). The molecule has 1 aromatic heterocycles. The molecule has 2 aromatic carbocycles. The van der Waals surface area contributed by atoms with Crippen molar-refractivity contribution in [1.29, 1.82) is 0 Å². The number of nitrogens with zero attached hydrogens (tertiary/aromatic N) is 1. The van der Waals surface area contributed by atoms with Gasteiger partial charge < -0.3 is 5.32 Å². The molecule has 3 aromatic rings. The molecular formula is C24H25N2+. The number of hydrogen-bond donors (Lipinski definition) is 1. The van der Waals surface area contributed by atoms with E-state index in [2.05, 4.69) is 92.1 Å². The number of hydrogen-bond acceptors (Lipinski definition) is 1. The van der Waals surface area contributed by atoms with E-state index in [1.807, 2.05) is 6.07 Å². The zero-order chi connectivity index (χ0) is 17.9. The van der Waals surface area contributed by atoms with E-state index in [0.717, 1.165) is 12.1 Å². The van der Waals surface area contributed by atoms with Crippen LogP contribution >= 0.6 is 0 Å². The third-order valence-corrected chi connectivity index (χ3v) is 5.34. The fourth-order valence-electron chi connectivity index (χ4n) is 3.88. The van der Waals surface area contributed by atoms with Gasteiger partial charge in [-0.05, 0) is 31.1 Å². The molecule has 0 saturated carbocycles. The summed E-state index contributed by atoms with van der Waals surface area (Å²) in [6.45, 7) is 4.41. The molecule has 0 saturated heterocycles. The van der Waals surface area contributed by atoms with Crippen molar-refractivity contribution in [3.63, 3.8) is 0 Å². The van der Waals surface area contributed by atoms with Crippen molar-refractivity contribution in [2.45, 2.75) is 32.4 Å². The number of benzene rings is 2. The van der Waals surface area contributed by atoms with Crippen LogP contribution in [0.25, 0.3) is 11.3 Å². The average molecular weight is 341 g/mol. The number of aryl methyl sites for hydroxylation is 1. The maximum atomic E-state index is 4.80. The molecule has 2 N–H and O–H groups in total. The van der Waals surface area contributed by atoms with E-state index < -0.39 is 0 Å². The van der Waals surface area contributed by atoms with Gasteiger partial charge in [-0.1, -0.05) is 66.7 Å². The lowest BCUT2D eigenvalue weighted by Gasteiger charge is -2.28. The first-order valence-corrected chi connectivity index (χ1v) is 9.31. The highest BCUT2D eigenvalue weighted by molar-refractivity contribution is 5.62. The fraction of sp³-hybridized carbons (Fsp3) is 0.208. The highest BCUT2D eigenvalue weighted by Crippen LogP contribution is 2.28. The smallest absolute Gasteiger partial charge is 0.133 e. The Morgan fingerprint density at radius 3 is 2.27 bits per heavy atom. The molecule has 2 heteroatoms. The third kappa shape index (κ3) is 3.33. The second-order valence-corrected chi connectivity index (χ2v) is 7.17. The number of pyridine rings is 1. The second kappa shape index (κ2) is 7.27. The Morgan fingerprint density at radius 1 is 0.885 bits per heavy atom. The molecule has 0 unspecified atom stereocenters. The van der Waals surface area contributed by atoms with Crippen molar-refractivity contribution in [2.75, 3.05) is 0 Å². The molecule has 0 fully saturated rings. The van der Waals surface area contributed by atoms with Gasteiger partial charge in [0.05, 0.1) is 5.69 Å². The molecule has 2 heterocycles. The minimum absolute atomic E-state index is 0.393. The zero-order valence-electron chi connectivity index (χ0n) is 15.4. The summed E-state index contributed by atoms with van der Waals surface area (Å²) in [5, 5.41) is 2.49.